The normalized spacial score (nSPS) is 14.6. The molecule has 1 N–H and O–H groups in total. The van der Waals surface area contributed by atoms with E-state index in [9.17, 15) is 9.59 Å². The van der Waals surface area contributed by atoms with Crippen LogP contribution in [0.15, 0.2) is 6.07 Å². The molecule has 0 aliphatic heterocycles. The van der Waals surface area contributed by atoms with Crippen LogP contribution in [0, 0.1) is 13.8 Å². The number of carbonyl (C=O) groups is 2. The standard InChI is InChI=1S/C14H20N2O2/c1-10-8-12(9-17)11(2)16(10)7-3-4-14(18)15-13-5-6-13/h8-9,13H,3-7H2,1-2H3,(H,15,18). The van der Waals surface area contributed by atoms with E-state index >= 15 is 0 Å². The third-order valence-electron chi connectivity index (χ3n) is 3.47. The molecule has 0 spiro atoms. The van der Waals surface area contributed by atoms with Crippen molar-refractivity contribution >= 4 is 12.2 Å². The van der Waals surface area contributed by atoms with Crippen molar-refractivity contribution in [3.05, 3.63) is 23.0 Å². The van der Waals surface area contributed by atoms with E-state index in [4.69, 9.17) is 0 Å². The average molecular weight is 248 g/mol. The minimum atomic E-state index is 0.149. The molecule has 0 saturated heterocycles. The Morgan fingerprint density at radius 1 is 1.50 bits per heavy atom. The SMILES string of the molecule is Cc1cc(C=O)c(C)n1CCCC(=O)NC1CC1. The Kier molecular flexibility index (Phi) is 3.84. The molecule has 0 bridgehead atoms. The summed E-state index contributed by atoms with van der Waals surface area (Å²) in [6.45, 7) is 4.73. The van der Waals surface area contributed by atoms with Crippen molar-refractivity contribution in [3.63, 3.8) is 0 Å². The predicted octanol–water partition coefficient (Wildman–Crippen LogP) is 1.98. The fraction of sp³-hybridized carbons (Fsp3) is 0.571. The van der Waals surface area contributed by atoms with E-state index in [0.29, 0.717) is 12.5 Å². The maximum Gasteiger partial charge on any atom is 0.220 e. The molecule has 0 radical (unpaired) electrons. The van der Waals surface area contributed by atoms with E-state index in [1.165, 1.54) is 0 Å². The highest BCUT2D eigenvalue weighted by Crippen LogP contribution is 2.19. The second-order valence-corrected chi connectivity index (χ2v) is 5.04. The number of aryl methyl sites for hydroxylation is 1. The molecule has 1 aliphatic rings. The van der Waals surface area contributed by atoms with Crippen LogP contribution in [0.3, 0.4) is 0 Å². The number of nitrogens with one attached hydrogen (secondary N) is 1. The van der Waals surface area contributed by atoms with Crippen molar-refractivity contribution in [2.75, 3.05) is 0 Å². The molecular weight excluding hydrogens is 228 g/mol. The molecule has 1 fully saturated rings. The van der Waals surface area contributed by atoms with Crippen molar-refractivity contribution in [2.45, 2.75) is 52.1 Å². The van der Waals surface area contributed by atoms with Gasteiger partial charge < -0.3 is 9.88 Å². The number of nitrogens with zero attached hydrogens (tertiary/aromatic N) is 1. The molecule has 1 saturated carbocycles. The van der Waals surface area contributed by atoms with Crippen LogP contribution in [-0.2, 0) is 11.3 Å². The van der Waals surface area contributed by atoms with Crippen LogP contribution < -0.4 is 5.32 Å². The Hall–Kier alpha value is -1.58. The van der Waals surface area contributed by atoms with Gasteiger partial charge in [-0.1, -0.05) is 0 Å². The zero-order chi connectivity index (χ0) is 13.1. The highest BCUT2D eigenvalue weighted by Gasteiger charge is 2.22. The smallest absolute Gasteiger partial charge is 0.220 e. The van der Waals surface area contributed by atoms with Crippen LogP contribution in [0.5, 0.6) is 0 Å². The Bertz CT molecular complexity index is 459. The predicted molar refractivity (Wildman–Crippen MR) is 69.7 cm³/mol. The second-order valence-electron chi connectivity index (χ2n) is 5.04. The summed E-state index contributed by atoms with van der Waals surface area (Å²) in [6, 6.07) is 2.33. The molecule has 2 rings (SSSR count). The molecule has 18 heavy (non-hydrogen) atoms. The van der Waals surface area contributed by atoms with Crippen LogP contribution in [-0.4, -0.2) is 22.8 Å². The van der Waals surface area contributed by atoms with Crippen molar-refractivity contribution in [2.24, 2.45) is 0 Å². The highest BCUT2D eigenvalue weighted by molar-refractivity contribution is 5.77. The number of carbonyl (C=O) groups excluding carboxylic acids is 2. The first-order chi connectivity index (χ1) is 8.61. The molecule has 4 nitrogen and oxygen atoms in total. The third-order valence-corrected chi connectivity index (χ3v) is 3.47. The topological polar surface area (TPSA) is 51.1 Å². The third kappa shape index (κ3) is 3.00. The average Bonchev–Trinajstić information content (AvgIpc) is 3.09. The lowest BCUT2D eigenvalue weighted by molar-refractivity contribution is -0.121. The van der Waals surface area contributed by atoms with Crippen LogP contribution >= 0.6 is 0 Å². The lowest BCUT2D eigenvalue weighted by atomic mass is 10.2. The zero-order valence-corrected chi connectivity index (χ0v) is 11.0. The summed E-state index contributed by atoms with van der Waals surface area (Å²) in [5.74, 6) is 0.149. The fourth-order valence-corrected chi connectivity index (χ4v) is 2.22. The maximum absolute atomic E-state index is 11.5. The van der Waals surface area contributed by atoms with Gasteiger partial charge in [-0.25, -0.2) is 0 Å². The summed E-state index contributed by atoms with van der Waals surface area (Å²) < 4.78 is 2.11. The molecule has 98 valence electrons. The van der Waals surface area contributed by atoms with E-state index < -0.39 is 0 Å². The first-order valence-corrected chi connectivity index (χ1v) is 6.53. The molecule has 1 amide bonds. The van der Waals surface area contributed by atoms with Crippen LogP contribution in [0.2, 0.25) is 0 Å². The molecule has 4 heteroatoms. The van der Waals surface area contributed by atoms with E-state index in [1.54, 1.807) is 0 Å². The summed E-state index contributed by atoms with van der Waals surface area (Å²) in [6.07, 6.45) is 4.52. The molecule has 1 aromatic rings. The summed E-state index contributed by atoms with van der Waals surface area (Å²) in [4.78, 5) is 22.4. The number of hydrogen-bond acceptors (Lipinski definition) is 2. The van der Waals surface area contributed by atoms with Crippen molar-refractivity contribution in [3.8, 4) is 0 Å². The Morgan fingerprint density at radius 2 is 2.22 bits per heavy atom. The molecule has 0 unspecified atom stereocenters. The second kappa shape index (κ2) is 5.38. The van der Waals surface area contributed by atoms with Gasteiger partial charge in [0.05, 0.1) is 0 Å². The highest BCUT2D eigenvalue weighted by atomic mass is 16.1. The van der Waals surface area contributed by atoms with E-state index in [1.807, 2.05) is 19.9 Å². The quantitative estimate of drug-likeness (QED) is 0.783. The largest absolute Gasteiger partial charge is 0.353 e. The molecule has 1 heterocycles. The Balaban J connectivity index is 1.83. The van der Waals surface area contributed by atoms with Gasteiger partial charge in [-0.2, -0.15) is 0 Å². The Labute approximate surface area is 107 Å². The molecule has 1 aromatic heterocycles. The van der Waals surface area contributed by atoms with Crippen LogP contribution in [0.4, 0.5) is 0 Å². The molecule has 0 aromatic carbocycles. The maximum atomic E-state index is 11.5. The molecule has 1 aliphatic carbocycles. The minimum Gasteiger partial charge on any atom is -0.353 e. The van der Waals surface area contributed by atoms with Gasteiger partial charge in [0, 0.05) is 36.0 Å². The van der Waals surface area contributed by atoms with E-state index in [2.05, 4.69) is 9.88 Å². The van der Waals surface area contributed by atoms with Crippen LogP contribution in [0.25, 0.3) is 0 Å². The summed E-state index contributed by atoms with van der Waals surface area (Å²) in [5.41, 5.74) is 2.82. The summed E-state index contributed by atoms with van der Waals surface area (Å²) in [5, 5.41) is 2.98. The summed E-state index contributed by atoms with van der Waals surface area (Å²) in [7, 11) is 0. The summed E-state index contributed by atoms with van der Waals surface area (Å²) >= 11 is 0. The van der Waals surface area contributed by atoms with E-state index in [0.717, 1.165) is 49.0 Å². The number of amides is 1. The van der Waals surface area contributed by atoms with Crippen molar-refractivity contribution in [1.29, 1.82) is 0 Å². The molecular formula is C14H20N2O2. The van der Waals surface area contributed by atoms with Gasteiger partial charge in [-0.15, -0.1) is 0 Å². The monoisotopic (exact) mass is 248 g/mol. The number of aldehydes is 1. The lowest BCUT2D eigenvalue weighted by Crippen LogP contribution is -2.25. The van der Waals surface area contributed by atoms with Gasteiger partial charge in [0.1, 0.15) is 0 Å². The van der Waals surface area contributed by atoms with Gasteiger partial charge >= 0.3 is 0 Å². The first-order valence-electron chi connectivity index (χ1n) is 6.53. The molecule has 0 atom stereocenters. The zero-order valence-electron chi connectivity index (χ0n) is 11.0. The van der Waals surface area contributed by atoms with Crippen molar-refractivity contribution in [1.82, 2.24) is 9.88 Å². The van der Waals surface area contributed by atoms with Gasteiger partial charge in [0.2, 0.25) is 5.91 Å². The van der Waals surface area contributed by atoms with E-state index in [-0.39, 0.29) is 5.91 Å². The minimum absolute atomic E-state index is 0.149. The first kappa shape index (κ1) is 12.9. The van der Waals surface area contributed by atoms with Gasteiger partial charge in [0.25, 0.3) is 0 Å². The van der Waals surface area contributed by atoms with Gasteiger partial charge in [0.15, 0.2) is 6.29 Å². The number of rotatable bonds is 6. The number of aromatic nitrogens is 1. The number of hydrogen-bond donors (Lipinski definition) is 1. The Morgan fingerprint density at radius 3 is 2.78 bits per heavy atom. The van der Waals surface area contributed by atoms with Crippen LogP contribution in [0.1, 0.15) is 47.4 Å². The lowest BCUT2D eigenvalue weighted by Gasteiger charge is -2.09. The van der Waals surface area contributed by atoms with Gasteiger partial charge in [-0.3, -0.25) is 9.59 Å². The van der Waals surface area contributed by atoms with Gasteiger partial charge in [-0.05, 0) is 39.2 Å². The van der Waals surface area contributed by atoms with Crippen molar-refractivity contribution < 1.29 is 9.59 Å². The fourth-order valence-electron chi connectivity index (χ4n) is 2.22.